The summed E-state index contributed by atoms with van der Waals surface area (Å²) in [5, 5.41) is 10.2. The van der Waals surface area contributed by atoms with E-state index in [2.05, 4.69) is 0 Å². The van der Waals surface area contributed by atoms with Crippen molar-refractivity contribution < 1.29 is 28.8 Å². The van der Waals surface area contributed by atoms with E-state index in [1.165, 1.54) is 0 Å². The zero-order valence-corrected chi connectivity index (χ0v) is 11.6. The van der Waals surface area contributed by atoms with Crippen LogP contribution in [0.2, 0.25) is 0 Å². The van der Waals surface area contributed by atoms with E-state index in [9.17, 15) is 9.90 Å². The number of fused-ring (bicyclic) bond motifs is 1. The first-order valence-electron chi connectivity index (χ1n) is 6.60. The lowest BCUT2D eigenvalue weighted by atomic mass is 9.79. The Morgan fingerprint density at radius 1 is 1.11 bits per heavy atom. The molecule has 3 rings (SSSR count). The minimum atomic E-state index is -1.12. The summed E-state index contributed by atoms with van der Waals surface area (Å²) in [6.07, 6.45) is -1.06. The van der Waals surface area contributed by atoms with Gasteiger partial charge >= 0.3 is 5.97 Å². The highest BCUT2D eigenvalue weighted by Gasteiger charge is 2.62. The Balaban J connectivity index is 1.87. The van der Waals surface area contributed by atoms with Gasteiger partial charge in [-0.15, -0.1) is 0 Å². The highest BCUT2D eigenvalue weighted by Crippen LogP contribution is 2.47. The average molecular weight is 272 g/mol. The van der Waals surface area contributed by atoms with Crippen LogP contribution in [0.4, 0.5) is 0 Å². The van der Waals surface area contributed by atoms with Crippen LogP contribution in [0.3, 0.4) is 0 Å². The van der Waals surface area contributed by atoms with E-state index < -0.39 is 35.4 Å². The van der Waals surface area contributed by atoms with Crippen LogP contribution in [0.15, 0.2) is 0 Å². The predicted octanol–water partition coefficient (Wildman–Crippen LogP) is 0.710. The monoisotopic (exact) mass is 272 g/mol. The maximum Gasteiger partial charge on any atom is 0.341 e. The van der Waals surface area contributed by atoms with Gasteiger partial charge in [-0.25, -0.2) is 4.79 Å². The Morgan fingerprint density at radius 3 is 2.37 bits per heavy atom. The van der Waals surface area contributed by atoms with Gasteiger partial charge in [0.05, 0.1) is 12.2 Å². The van der Waals surface area contributed by atoms with E-state index in [0.29, 0.717) is 6.42 Å². The van der Waals surface area contributed by atoms with Crippen molar-refractivity contribution in [1.29, 1.82) is 0 Å². The van der Waals surface area contributed by atoms with Crippen molar-refractivity contribution >= 4 is 5.97 Å². The van der Waals surface area contributed by atoms with Gasteiger partial charge in [0.15, 0.2) is 11.4 Å². The molecular formula is C13H20O6. The Kier molecular flexibility index (Phi) is 2.59. The molecule has 3 fully saturated rings. The van der Waals surface area contributed by atoms with E-state index in [4.69, 9.17) is 18.9 Å². The maximum absolute atomic E-state index is 12.1. The number of aliphatic hydroxyl groups is 1. The number of ether oxygens (including phenoxy) is 4. The highest BCUT2D eigenvalue weighted by molar-refractivity contribution is 5.82. The quantitative estimate of drug-likeness (QED) is 0.655. The second-order valence-corrected chi connectivity index (χ2v) is 6.50. The van der Waals surface area contributed by atoms with Gasteiger partial charge in [0.2, 0.25) is 5.79 Å². The highest BCUT2D eigenvalue weighted by atomic mass is 16.8. The molecule has 0 aromatic rings. The average Bonchev–Trinajstić information content (AvgIpc) is 2.61. The largest absolute Gasteiger partial charge is 0.432 e. The molecule has 0 aromatic heterocycles. The first-order chi connectivity index (χ1) is 8.63. The number of carbonyl (C=O) groups excluding carboxylic acids is 1. The molecule has 1 N–H and O–H groups in total. The van der Waals surface area contributed by atoms with Crippen LogP contribution in [-0.2, 0) is 23.7 Å². The van der Waals surface area contributed by atoms with Gasteiger partial charge in [-0.1, -0.05) is 0 Å². The molecule has 0 amide bonds. The molecule has 108 valence electrons. The fraction of sp³-hybridized carbons (Fsp3) is 0.923. The summed E-state index contributed by atoms with van der Waals surface area (Å²) < 4.78 is 22.4. The third-order valence-electron chi connectivity index (χ3n) is 3.82. The second kappa shape index (κ2) is 3.69. The van der Waals surface area contributed by atoms with Crippen LogP contribution in [-0.4, -0.2) is 46.6 Å². The normalized spacial score (nSPS) is 47.2. The summed E-state index contributed by atoms with van der Waals surface area (Å²) >= 11 is 0. The number of rotatable bonds is 0. The van der Waals surface area contributed by atoms with Crippen molar-refractivity contribution in [2.24, 2.45) is 0 Å². The molecule has 1 saturated carbocycles. The standard InChI is InChI=1S/C13H20O6/c1-11(2)16-8-6-13(5-7(14)9(8)17-11)10(15)18-12(3,4)19-13/h7-9,14H,5-6H2,1-4H3/t7-,8-,9+,13+/m1/s1. The molecule has 0 radical (unpaired) electrons. The fourth-order valence-corrected chi connectivity index (χ4v) is 3.31. The van der Waals surface area contributed by atoms with E-state index in [1.54, 1.807) is 27.7 Å². The molecule has 1 aliphatic carbocycles. The van der Waals surface area contributed by atoms with Crippen LogP contribution in [0.5, 0.6) is 0 Å². The first-order valence-corrected chi connectivity index (χ1v) is 6.60. The van der Waals surface area contributed by atoms with Crippen LogP contribution < -0.4 is 0 Å². The van der Waals surface area contributed by atoms with Crippen molar-refractivity contribution in [3.05, 3.63) is 0 Å². The molecule has 1 spiro atoms. The van der Waals surface area contributed by atoms with Crippen LogP contribution in [0.1, 0.15) is 40.5 Å². The van der Waals surface area contributed by atoms with Gasteiger partial charge < -0.3 is 24.1 Å². The van der Waals surface area contributed by atoms with Gasteiger partial charge in [0.1, 0.15) is 6.10 Å². The molecule has 2 saturated heterocycles. The summed E-state index contributed by atoms with van der Waals surface area (Å²) in [6.45, 7) is 6.97. The lowest BCUT2D eigenvalue weighted by molar-refractivity contribution is -0.188. The molecule has 6 heteroatoms. The summed E-state index contributed by atoms with van der Waals surface area (Å²) in [5.74, 6) is -2.14. The topological polar surface area (TPSA) is 74.2 Å². The lowest BCUT2D eigenvalue weighted by Gasteiger charge is -2.37. The van der Waals surface area contributed by atoms with Crippen molar-refractivity contribution in [3.8, 4) is 0 Å². The molecular weight excluding hydrogens is 252 g/mol. The van der Waals surface area contributed by atoms with Crippen molar-refractivity contribution in [1.82, 2.24) is 0 Å². The molecule has 2 heterocycles. The smallest absolute Gasteiger partial charge is 0.341 e. The van der Waals surface area contributed by atoms with Crippen LogP contribution in [0.25, 0.3) is 0 Å². The summed E-state index contributed by atoms with van der Waals surface area (Å²) in [5.41, 5.74) is -1.12. The van der Waals surface area contributed by atoms with Crippen molar-refractivity contribution in [3.63, 3.8) is 0 Å². The number of carbonyl (C=O) groups is 1. The third kappa shape index (κ3) is 2.07. The molecule has 0 aromatic carbocycles. The number of hydrogen-bond acceptors (Lipinski definition) is 6. The minimum absolute atomic E-state index is 0.176. The second-order valence-electron chi connectivity index (χ2n) is 6.50. The molecule has 3 aliphatic rings. The molecule has 0 unspecified atom stereocenters. The Morgan fingerprint density at radius 2 is 1.79 bits per heavy atom. The van der Waals surface area contributed by atoms with Gasteiger partial charge in [-0.3, -0.25) is 0 Å². The fourth-order valence-electron chi connectivity index (χ4n) is 3.31. The van der Waals surface area contributed by atoms with Crippen molar-refractivity contribution in [2.45, 2.75) is 76.0 Å². The number of esters is 1. The van der Waals surface area contributed by atoms with E-state index in [0.717, 1.165) is 0 Å². The summed E-state index contributed by atoms with van der Waals surface area (Å²) in [6, 6.07) is 0. The zero-order valence-electron chi connectivity index (χ0n) is 11.6. The molecule has 19 heavy (non-hydrogen) atoms. The molecule has 6 nitrogen and oxygen atoms in total. The van der Waals surface area contributed by atoms with Crippen LogP contribution >= 0.6 is 0 Å². The SMILES string of the molecule is CC1(C)O[C@H]2[C@H](O)C[C@@]3(C[C@H]2O1)OC(C)(C)OC3=O. The number of cyclic esters (lactones) is 1. The summed E-state index contributed by atoms with van der Waals surface area (Å²) in [7, 11) is 0. The van der Waals surface area contributed by atoms with Gasteiger partial charge in [-0.2, -0.15) is 0 Å². The maximum atomic E-state index is 12.1. The summed E-state index contributed by atoms with van der Waals surface area (Å²) in [4.78, 5) is 12.1. The van der Waals surface area contributed by atoms with Gasteiger partial charge in [-0.05, 0) is 13.8 Å². The van der Waals surface area contributed by atoms with Gasteiger partial charge in [0, 0.05) is 26.7 Å². The van der Waals surface area contributed by atoms with E-state index >= 15 is 0 Å². The van der Waals surface area contributed by atoms with Crippen molar-refractivity contribution in [2.75, 3.05) is 0 Å². The minimum Gasteiger partial charge on any atom is -0.432 e. The van der Waals surface area contributed by atoms with Crippen LogP contribution in [0, 0.1) is 0 Å². The molecule has 2 aliphatic heterocycles. The zero-order chi connectivity index (χ0) is 14.1. The third-order valence-corrected chi connectivity index (χ3v) is 3.82. The predicted molar refractivity (Wildman–Crippen MR) is 63.1 cm³/mol. The van der Waals surface area contributed by atoms with E-state index in [-0.39, 0.29) is 12.5 Å². The van der Waals surface area contributed by atoms with Gasteiger partial charge in [0.25, 0.3) is 0 Å². The first kappa shape index (κ1) is 13.3. The van der Waals surface area contributed by atoms with E-state index in [1.807, 2.05) is 0 Å². The molecule has 4 atom stereocenters. The lowest BCUT2D eigenvalue weighted by Crippen LogP contribution is -2.54. The number of aliphatic hydroxyl groups excluding tert-OH is 1. The molecule has 0 bridgehead atoms. The Labute approximate surface area is 112 Å². The number of hydrogen-bond donors (Lipinski definition) is 1. The Bertz CT molecular complexity index is 417. The Hall–Kier alpha value is -0.690.